The summed E-state index contributed by atoms with van der Waals surface area (Å²) in [5.41, 5.74) is 4.77. The molecule has 278 valence electrons. The Morgan fingerprint density at radius 1 is 0.596 bits per heavy atom. The van der Waals surface area contributed by atoms with E-state index in [1.165, 1.54) is 49.3 Å². The quantitative estimate of drug-likeness (QED) is 0.0972. The third-order valence-electron chi connectivity index (χ3n) is 6.72. The lowest BCUT2D eigenvalue weighted by molar-refractivity contribution is 0.778. The molecule has 0 aliphatic rings. The van der Waals surface area contributed by atoms with Crippen molar-refractivity contribution in [3.8, 4) is 0 Å². The Hall–Kier alpha value is -7.13. The fourth-order valence-electron chi connectivity index (χ4n) is 3.77. The number of imidazole rings is 1. The minimum Gasteiger partial charge on any atom is -0.369 e. The number of rotatable bonds is 1. The molecule has 0 saturated carbocycles. The van der Waals surface area contributed by atoms with Crippen LogP contribution in [-0.4, -0.2) is 57.7 Å². The molecule has 6 aromatic rings. The second kappa shape index (κ2) is 18.0. The number of aryl methyl sites for hydroxylation is 8. The Kier molecular flexibility index (Phi) is 14.2. The molecule has 0 atom stereocenters. The van der Waals surface area contributed by atoms with Gasteiger partial charge in [0.15, 0.2) is 11.2 Å². The molecule has 22 heteroatoms. The molecule has 52 heavy (non-hydrogen) atoms. The van der Waals surface area contributed by atoms with Crippen molar-refractivity contribution in [2.24, 2.45) is 35.2 Å². The monoisotopic (exact) mass is 725 g/mol. The Bertz CT molecular complexity index is 2580. The molecule has 0 fully saturated rings. The van der Waals surface area contributed by atoms with Crippen LogP contribution in [0, 0.1) is 13.8 Å². The molecular formula is C30H39N13O9. The van der Waals surface area contributed by atoms with Gasteiger partial charge < -0.3 is 28.6 Å². The number of aromatic amines is 5. The molecule has 0 saturated heterocycles. The van der Waals surface area contributed by atoms with Gasteiger partial charge in [0.25, 0.3) is 27.8 Å². The van der Waals surface area contributed by atoms with Crippen LogP contribution in [0.2, 0.25) is 0 Å². The first-order valence-electron chi connectivity index (χ1n) is 15.0. The van der Waals surface area contributed by atoms with Gasteiger partial charge in [0, 0.05) is 82.8 Å². The smallest absolute Gasteiger partial charge is 0.328 e. The number of anilines is 1. The number of hydrogen-bond donors (Lipinski definition) is 6. The van der Waals surface area contributed by atoms with Crippen LogP contribution in [0.25, 0.3) is 11.2 Å². The second-order valence-corrected chi connectivity index (χ2v) is 10.9. The zero-order valence-electron chi connectivity index (χ0n) is 29.6. The molecule has 6 aromatic heterocycles. The van der Waals surface area contributed by atoms with Crippen LogP contribution in [0.15, 0.2) is 80.3 Å². The first-order valence-corrected chi connectivity index (χ1v) is 15.0. The summed E-state index contributed by atoms with van der Waals surface area (Å²) in [6.45, 7) is 5.17. The molecule has 6 rings (SSSR count). The maximum Gasteiger partial charge on any atom is 0.328 e. The number of fused-ring (bicyclic) bond motifs is 1. The molecule has 6 heterocycles. The summed E-state index contributed by atoms with van der Waals surface area (Å²) < 4.78 is 6.95. The number of aromatic nitrogens is 12. The van der Waals surface area contributed by atoms with E-state index in [9.17, 15) is 43.2 Å². The predicted molar refractivity (Wildman–Crippen MR) is 192 cm³/mol. The summed E-state index contributed by atoms with van der Waals surface area (Å²) in [5, 5.41) is 0. The average molecular weight is 726 g/mol. The van der Waals surface area contributed by atoms with Crippen LogP contribution in [0.5, 0.6) is 0 Å². The zero-order chi connectivity index (χ0) is 39.4. The van der Waals surface area contributed by atoms with E-state index in [0.29, 0.717) is 34.3 Å². The lowest BCUT2D eigenvalue weighted by Crippen LogP contribution is -2.29. The van der Waals surface area contributed by atoms with E-state index in [0.717, 1.165) is 0 Å². The number of nitrogen functional groups attached to an aromatic ring is 1. The Balaban J connectivity index is 0.000000226. The van der Waals surface area contributed by atoms with Crippen molar-refractivity contribution in [2.45, 2.75) is 27.2 Å². The van der Waals surface area contributed by atoms with Gasteiger partial charge in [-0.25, -0.2) is 24.2 Å². The summed E-state index contributed by atoms with van der Waals surface area (Å²) >= 11 is 0. The topological polar surface area (TPSA) is 309 Å². The average Bonchev–Trinajstić information content (AvgIpc) is 3.44. The highest BCUT2D eigenvalue weighted by Gasteiger charge is 2.05. The summed E-state index contributed by atoms with van der Waals surface area (Å²) in [6.07, 6.45) is 8.14. The predicted octanol–water partition coefficient (Wildman–Crippen LogP) is -3.29. The number of nitrogens with one attached hydrogen (secondary N) is 5. The molecule has 0 aliphatic heterocycles. The van der Waals surface area contributed by atoms with Gasteiger partial charge in [0.05, 0.1) is 6.33 Å². The number of H-pyrrole nitrogens is 5. The van der Waals surface area contributed by atoms with Crippen LogP contribution in [0.1, 0.15) is 23.6 Å². The van der Waals surface area contributed by atoms with E-state index in [4.69, 9.17) is 5.73 Å². The highest BCUT2D eigenvalue weighted by atomic mass is 16.2. The molecule has 0 aromatic carbocycles. The van der Waals surface area contributed by atoms with Crippen molar-refractivity contribution in [1.29, 1.82) is 0 Å². The van der Waals surface area contributed by atoms with Crippen LogP contribution < -0.4 is 56.3 Å². The summed E-state index contributed by atoms with van der Waals surface area (Å²) in [5.74, 6) is 0.108. The first-order chi connectivity index (χ1) is 24.2. The van der Waals surface area contributed by atoms with Crippen LogP contribution in [-0.2, 0) is 41.7 Å². The highest BCUT2D eigenvalue weighted by Crippen LogP contribution is 2.02. The zero-order valence-corrected chi connectivity index (χ0v) is 29.6. The Morgan fingerprint density at radius 2 is 1.06 bits per heavy atom. The minimum atomic E-state index is -0.387. The van der Waals surface area contributed by atoms with Crippen molar-refractivity contribution in [3.63, 3.8) is 0 Å². The standard InChI is InChI=1S/C7H10N2O2.C6H7N5O.2C6H8N2O2.C5H6N2O2/c1-3-5-4-9(2)7(11)8-6(5)10;1-11-2-8-3-4(11)9-6(7)10-5(3)12;2*1-4-3-8(2)6(10)7-5(4)9;1-7-3-2-4(8)6-5(7)9/h4H,3H2,1-2H3,(H,8,10,11);2H,1H3,(H3,7,9,10,12);2*3H,1-2H3,(H,7,9,10);2-3H,1H3,(H,6,8,9). The van der Waals surface area contributed by atoms with E-state index in [2.05, 4.69) is 34.9 Å². The van der Waals surface area contributed by atoms with Crippen molar-refractivity contribution in [1.82, 2.24) is 57.7 Å². The third-order valence-corrected chi connectivity index (χ3v) is 6.72. The molecule has 0 aliphatic carbocycles. The number of nitrogens with two attached hydrogens (primary N) is 1. The Morgan fingerprint density at radius 3 is 1.50 bits per heavy atom. The normalized spacial score (nSPS) is 10.0. The fourth-order valence-corrected chi connectivity index (χ4v) is 3.77. The Labute approximate surface area is 290 Å². The maximum atomic E-state index is 11.2. The summed E-state index contributed by atoms with van der Waals surface area (Å²) in [4.78, 5) is 115. The van der Waals surface area contributed by atoms with Crippen molar-refractivity contribution < 1.29 is 0 Å². The summed E-state index contributed by atoms with van der Waals surface area (Å²) in [7, 11) is 8.10. The fraction of sp³-hybridized carbons (Fsp3) is 0.300. The molecule has 0 unspecified atom stereocenters. The largest absolute Gasteiger partial charge is 0.369 e. The number of hydrogen-bond acceptors (Lipinski definition) is 12. The highest BCUT2D eigenvalue weighted by molar-refractivity contribution is 5.70. The van der Waals surface area contributed by atoms with Gasteiger partial charge in [-0.05, 0) is 20.3 Å². The van der Waals surface area contributed by atoms with Crippen LogP contribution >= 0.6 is 0 Å². The van der Waals surface area contributed by atoms with Gasteiger partial charge >= 0.3 is 22.8 Å². The van der Waals surface area contributed by atoms with E-state index in [-0.39, 0.29) is 56.5 Å². The molecule has 0 radical (unpaired) electrons. The molecule has 0 spiro atoms. The van der Waals surface area contributed by atoms with Gasteiger partial charge in [0.1, 0.15) is 0 Å². The van der Waals surface area contributed by atoms with Gasteiger partial charge in [-0.2, -0.15) is 4.98 Å². The molecule has 22 nitrogen and oxygen atoms in total. The molecule has 7 N–H and O–H groups in total. The first kappa shape index (κ1) is 41.0. The SMILES string of the molecule is CCc1cn(C)c(=O)[nH]c1=O.Cc1cn(C)c(=O)[nH]c1=O.Cc1cn(C)c(=O)[nH]c1=O.Cn1ccc(=O)[nH]c1=O.Cn1cnc2c(=O)[nH]c(N)nc21. The van der Waals surface area contributed by atoms with Crippen molar-refractivity contribution in [3.05, 3.63) is 148 Å². The lowest BCUT2D eigenvalue weighted by atomic mass is 10.3. The van der Waals surface area contributed by atoms with Gasteiger partial charge in [-0.1, -0.05) is 6.92 Å². The maximum absolute atomic E-state index is 11.2. The third kappa shape index (κ3) is 11.5. The van der Waals surface area contributed by atoms with E-state index in [1.807, 2.05) is 6.92 Å². The van der Waals surface area contributed by atoms with Crippen molar-refractivity contribution in [2.75, 3.05) is 5.73 Å². The molecular weight excluding hydrogens is 686 g/mol. The van der Waals surface area contributed by atoms with Crippen LogP contribution in [0.3, 0.4) is 0 Å². The second-order valence-electron chi connectivity index (χ2n) is 10.9. The van der Waals surface area contributed by atoms with Gasteiger partial charge in [-0.3, -0.25) is 48.9 Å². The minimum absolute atomic E-state index is 0.108. The number of nitrogens with zero attached hydrogens (tertiary/aromatic N) is 7. The van der Waals surface area contributed by atoms with Gasteiger partial charge in [-0.15, -0.1) is 0 Å². The molecule has 0 bridgehead atoms. The van der Waals surface area contributed by atoms with Crippen LogP contribution in [0.4, 0.5) is 5.95 Å². The van der Waals surface area contributed by atoms with E-state index >= 15 is 0 Å². The van der Waals surface area contributed by atoms with E-state index in [1.54, 1.807) is 59.8 Å². The van der Waals surface area contributed by atoms with Gasteiger partial charge in [0.2, 0.25) is 5.95 Å². The molecule has 0 amide bonds. The lowest BCUT2D eigenvalue weighted by Gasteiger charge is -1.97. The summed E-state index contributed by atoms with van der Waals surface area (Å²) in [6, 6.07) is 1.29. The van der Waals surface area contributed by atoms with E-state index < -0.39 is 0 Å². The van der Waals surface area contributed by atoms with Crippen molar-refractivity contribution >= 4 is 17.1 Å².